The van der Waals surface area contributed by atoms with Gasteiger partial charge in [0, 0.05) is 46.9 Å². The Kier molecular flexibility index (Phi) is 5.42. The number of imide groups is 1. The Hall–Kier alpha value is -3.68. The van der Waals surface area contributed by atoms with Crippen molar-refractivity contribution in [1.82, 2.24) is 4.90 Å². The van der Waals surface area contributed by atoms with Gasteiger partial charge in [-0.3, -0.25) is 24.1 Å². The fraction of sp³-hybridized carbons (Fsp3) is 0.407. The Bertz CT molecular complexity index is 1260. The lowest BCUT2D eigenvalue weighted by Crippen LogP contribution is -2.40. The highest BCUT2D eigenvalue weighted by molar-refractivity contribution is 6.24. The Balaban J connectivity index is 1.77. The van der Waals surface area contributed by atoms with Crippen molar-refractivity contribution in [1.29, 1.82) is 0 Å². The van der Waals surface area contributed by atoms with Crippen LogP contribution in [-0.2, 0) is 19.2 Å². The molecule has 8 nitrogen and oxygen atoms in total. The van der Waals surface area contributed by atoms with Crippen molar-refractivity contribution >= 4 is 23.4 Å². The van der Waals surface area contributed by atoms with E-state index in [4.69, 9.17) is 9.47 Å². The lowest BCUT2D eigenvalue weighted by Gasteiger charge is -2.42. The van der Waals surface area contributed by atoms with Crippen LogP contribution in [0.3, 0.4) is 0 Å². The molecule has 182 valence electrons. The largest absolute Gasteiger partial charge is 0.508 e. The van der Waals surface area contributed by atoms with Crippen molar-refractivity contribution in [2.24, 2.45) is 17.8 Å². The van der Waals surface area contributed by atoms with Crippen LogP contribution in [0.25, 0.3) is 0 Å². The van der Waals surface area contributed by atoms with Gasteiger partial charge in [0.2, 0.25) is 11.8 Å². The lowest BCUT2D eigenvalue weighted by molar-refractivity contribution is -0.139. The van der Waals surface area contributed by atoms with Crippen molar-refractivity contribution in [3.05, 3.63) is 52.1 Å². The molecule has 1 N–H and O–H groups in total. The van der Waals surface area contributed by atoms with Gasteiger partial charge < -0.3 is 14.6 Å². The molecule has 0 aromatic heterocycles. The zero-order valence-electron chi connectivity index (χ0n) is 20.1. The van der Waals surface area contributed by atoms with Gasteiger partial charge in [-0.1, -0.05) is 11.6 Å². The first-order valence-corrected chi connectivity index (χ1v) is 11.7. The molecule has 35 heavy (non-hydrogen) atoms. The van der Waals surface area contributed by atoms with E-state index in [1.54, 1.807) is 13.8 Å². The number of fused-ring (bicyclic) bond motifs is 3. The number of phenols is 1. The first kappa shape index (κ1) is 23.1. The molecule has 1 saturated heterocycles. The molecule has 0 spiro atoms. The number of Topliss-reactive ketones (excluding diaryl/α,β-unsaturated/α-hetero) is 1. The van der Waals surface area contributed by atoms with E-state index in [0.717, 1.165) is 5.57 Å². The van der Waals surface area contributed by atoms with E-state index < -0.39 is 23.7 Å². The second-order valence-electron chi connectivity index (χ2n) is 9.41. The molecular weight excluding hydrogens is 450 g/mol. The van der Waals surface area contributed by atoms with E-state index in [1.165, 1.54) is 37.3 Å². The van der Waals surface area contributed by atoms with Gasteiger partial charge in [0.05, 0.1) is 26.1 Å². The summed E-state index contributed by atoms with van der Waals surface area (Å²) < 4.78 is 11.2. The van der Waals surface area contributed by atoms with E-state index >= 15 is 0 Å². The average Bonchev–Trinajstić information content (AvgIpc) is 3.10. The summed E-state index contributed by atoms with van der Waals surface area (Å²) in [4.78, 5) is 54.3. The van der Waals surface area contributed by atoms with Crippen LogP contribution >= 0.6 is 0 Å². The zero-order chi connectivity index (χ0) is 25.2. The minimum atomic E-state index is -0.714. The van der Waals surface area contributed by atoms with Crippen LogP contribution < -0.4 is 9.47 Å². The summed E-state index contributed by atoms with van der Waals surface area (Å²) >= 11 is 0. The van der Waals surface area contributed by atoms with Gasteiger partial charge in [0.15, 0.2) is 11.6 Å². The number of benzene rings is 1. The maximum absolute atomic E-state index is 13.5. The number of methoxy groups -OCH3 is 2. The molecule has 4 aliphatic rings. The van der Waals surface area contributed by atoms with Crippen molar-refractivity contribution in [3.63, 3.8) is 0 Å². The number of rotatable bonds is 4. The third-order valence-corrected chi connectivity index (χ3v) is 7.79. The molecule has 0 radical (unpaired) electrons. The Morgan fingerprint density at radius 3 is 2.29 bits per heavy atom. The second kappa shape index (κ2) is 8.22. The molecule has 1 aromatic rings. The number of allylic oxidation sites excluding steroid dienone is 6. The van der Waals surface area contributed by atoms with Crippen molar-refractivity contribution in [2.75, 3.05) is 20.8 Å². The number of carbonyl (C=O) groups excluding carboxylic acids is 4. The van der Waals surface area contributed by atoms with E-state index in [0.29, 0.717) is 46.7 Å². The quantitative estimate of drug-likeness (QED) is 0.403. The predicted molar refractivity (Wildman–Crippen MR) is 125 cm³/mol. The lowest BCUT2D eigenvalue weighted by atomic mass is 9.59. The van der Waals surface area contributed by atoms with Crippen LogP contribution in [0.2, 0.25) is 0 Å². The van der Waals surface area contributed by atoms with Crippen molar-refractivity contribution < 1.29 is 33.8 Å². The smallest absolute Gasteiger partial charge is 0.233 e. The first-order chi connectivity index (χ1) is 16.7. The molecule has 1 heterocycles. The van der Waals surface area contributed by atoms with Crippen LogP contribution in [0.1, 0.15) is 38.2 Å². The standard InChI is InChI=1S/C27H27NO7/c1-5-28-26(32)15-7-6-14-16(21(15)27(28)33)11-17-18(30)8-12(2)25(31)23(17)22(14)24-19(34-3)9-13(29)10-20(24)35-4/h6,8-10,15-16,21-22,29H,5,7,11H2,1-4H3/t15-,16+,21-,22-/m0/s1. The number of ketones is 2. The third kappa shape index (κ3) is 3.19. The summed E-state index contributed by atoms with van der Waals surface area (Å²) in [5, 5.41) is 10.2. The van der Waals surface area contributed by atoms with E-state index in [9.17, 15) is 24.3 Å². The minimum Gasteiger partial charge on any atom is -0.508 e. The number of amides is 2. The summed E-state index contributed by atoms with van der Waals surface area (Å²) in [5.41, 5.74) is 2.37. The molecule has 0 bridgehead atoms. The Morgan fingerprint density at radius 1 is 1.03 bits per heavy atom. The third-order valence-electron chi connectivity index (χ3n) is 7.79. The molecule has 3 aliphatic carbocycles. The van der Waals surface area contributed by atoms with Gasteiger partial charge in [0.1, 0.15) is 17.2 Å². The maximum atomic E-state index is 13.5. The van der Waals surface area contributed by atoms with Gasteiger partial charge in [-0.2, -0.15) is 0 Å². The highest BCUT2D eigenvalue weighted by atomic mass is 16.5. The van der Waals surface area contributed by atoms with Crippen LogP contribution in [-0.4, -0.2) is 54.2 Å². The monoisotopic (exact) mass is 477 g/mol. The van der Waals surface area contributed by atoms with Gasteiger partial charge in [0.25, 0.3) is 0 Å². The van der Waals surface area contributed by atoms with E-state index in [2.05, 4.69) is 0 Å². The first-order valence-electron chi connectivity index (χ1n) is 11.7. The SMILES string of the molecule is CCN1C(=O)[C@H]2[C@H](CC=C3[C@H](c4c(OC)cc(O)cc4OC)C4=C(C[C@H]32)C(=O)C=C(C)C4=O)C1=O. The van der Waals surface area contributed by atoms with Gasteiger partial charge in [-0.15, -0.1) is 0 Å². The van der Waals surface area contributed by atoms with Crippen molar-refractivity contribution in [2.45, 2.75) is 32.6 Å². The highest BCUT2D eigenvalue weighted by Gasteiger charge is 2.56. The van der Waals surface area contributed by atoms with Gasteiger partial charge >= 0.3 is 0 Å². The predicted octanol–water partition coefficient (Wildman–Crippen LogP) is 2.86. The molecule has 0 unspecified atom stereocenters. The normalized spacial score (nSPS) is 27.8. The second-order valence-corrected chi connectivity index (χ2v) is 9.41. The fourth-order valence-electron chi connectivity index (χ4n) is 6.28. The molecule has 5 rings (SSSR count). The minimum absolute atomic E-state index is 0.0704. The molecule has 4 atom stereocenters. The number of phenolic OH excluding ortho intramolecular Hbond substituents is 1. The molecule has 8 heteroatoms. The Morgan fingerprint density at radius 2 is 1.69 bits per heavy atom. The topological polar surface area (TPSA) is 110 Å². The van der Waals surface area contributed by atoms with Gasteiger partial charge in [-0.25, -0.2) is 0 Å². The molecular formula is C27H27NO7. The average molecular weight is 478 g/mol. The molecule has 1 fully saturated rings. The van der Waals surface area contributed by atoms with E-state index in [1.807, 2.05) is 6.08 Å². The zero-order valence-corrected chi connectivity index (χ0v) is 20.1. The summed E-state index contributed by atoms with van der Waals surface area (Å²) in [6, 6.07) is 2.88. The number of nitrogens with zero attached hydrogens (tertiary/aromatic N) is 1. The van der Waals surface area contributed by atoms with Crippen LogP contribution in [0.15, 0.2) is 46.6 Å². The number of hydrogen-bond donors (Lipinski definition) is 1. The summed E-state index contributed by atoms with van der Waals surface area (Å²) in [5.74, 6) is -2.58. The number of hydrogen-bond acceptors (Lipinski definition) is 7. The number of aromatic hydroxyl groups is 1. The van der Waals surface area contributed by atoms with E-state index in [-0.39, 0.29) is 35.6 Å². The Labute approximate surface area is 202 Å². The molecule has 0 saturated carbocycles. The molecule has 1 aromatic carbocycles. The number of ether oxygens (including phenoxy) is 2. The highest BCUT2D eigenvalue weighted by Crippen LogP contribution is 2.57. The molecule has 1 aliphatic heterocycles. The maximum Gasteiger partial charge on any atom is 0.233 e. The number of likely N-dealkylation sites (tertiary alicyclic amines) is 1. The fourth-order valence-corrected chi connectivity index (χ4v) is 6.28. The summed E-state index contributed by atoms with van der Waals surface area (Å²) in [6.07, 6.45) is 3.88. The van der Waals surface area contributed by atoms with Gasteiger partial charge in [-0.05, 0) is 38.7 Å². The van der Waals surface area contributed by atoms with Crippen LogP contribution in [0.5, 0.6) is 17.2 Å². The van der Waals surface area contributed by atoms with Crippen LogP contribution in [0.4, 0.5) is 0 Å². The summed E-state index contributed by atoms with van der Waals surface area (Å²) in [6.45, 7) is 3.68. The van der Waals surface area contributed by atoms with Crippen molar-refractivity contribution in [3.8, 4) is 17.2 Å². The molecule has 2 amide bonds. The number of carbonyl (C=O) groups is 4. The summed E-state index contributed by atoms with van der Waals surface area (Å²) in [7, 11) is 2.91. The van der Waals surface area contributed by atoms with Crippen LogP contribution in [0, 0.1) is 17.8 Å².